The lowest BCUT2D eigenvalue weighted by atomic mass is 10.2. The van der Waals surface area contributed by atoms with Gasteiger partial charge in [0.15, 0.2) is 0 Å². The number of sulfonamides is 1. The normalized spacial score (nSPS) is 11.4. The number of pyridine rings is 1. The lowest BCUT2D eigenvalue weighted by Crippen LogP contribution is -2.14. The maximum absolute atomic E-state index is 12.3. The van der Waals surface area contributed by atoms with Crippen LogP contribution in [0.3, 0.4) is 0 Å². The molecule has 5 nitrogen and oxygen atoms in total. The van der Waals surface area contributed by atoms with E-state index in [2.05, 4.69) is 25.6 Å². The van der Waals surface area contributed by atoms with E-state index >= 15 is 0 Å². The van der Waals surface area contributed by atoms with Crippen LogP contribution in [-0.2, 0) is 10.0 Å². The van der Waals surface area contributed by atoms with Gasteiger partial charge in [0.1, 0.15) is 5.82 Å². The lowest BCUT2D eigenvalue weighted by molar-refractivity contribution is 0.601. The molecule has 0 saturated heterocycles. The number of nitrogen functional groups attached to an aromatic ring is 1. The first-order valence-corrected chi connectivity index (χ1v) is 8.57. The summed E-state index contributed by atoms with van der Waals surface area (Å²) in [6.45, 7) is 3.49. The highest BCUT2D eigenvalue weighted by atomic mass is 79.9. The van der Waals surface area contributed by atoms with Crippen molar-refractivity contribution < 1.29 is 8.42 Å². The first-order chi connectivity index (χ1) is 9.70. The van der Waals surface area contributed by atoms with Crippen molar-refractivity contribution in [2.75, 3.05) is 10.5 Å². The van der Waals surface area contributed by atoms with Gasteiger partial charge in [-0.05, 0) is 59.6 Å². The van der Waals surface area contributed by atoms with E-state index in [-0.39, 0.29) is 10.7 Å². The van der Waals surface area contributed by atoms with Crippen molar-refractivity contribution in [3.8, 4) is 0 Å². The summed E-state index contributed by atoms with van der Waals surface area (Å²) in [5.41, 5.74) is 7.40. The van der Waals surface area contributed by atoms with Crippen LogP contribution in [0.2, 0.25) is 5.02 Å². The third-order valence-electron chi connectivity index (χ3n) is 2.93. The van der Waals surface area contributed by atoms with Gasteiger partial charge in [-0.1, -0.05) is 11.6 Å². The largest absolute Gasteiger partial charge is 0.398 e. The Hall–Kier alpha value is -1.31. The molecule has 112 valence electrons. The molecular formula is C13H13BrClN3O2S. The van der Waals surface area contributed by atoms with Crippen molar-refractivity contribution in [3.05, 3.63) is 45.0 Å². The molecule has 1 heterocycles. The number of nitrogens with two attached hydrogens (primary N) is 1. The van der Waals surface area contributed by atoms with Gasteiger partial charge in [-0.3, -0.25) is 4.72 Å². The summed E-state index contributed by atoms with van der Waals surface area (Å²) in [5, 5.41) is 0.301. The Labute approximate surface area is 136 Å². The van der Waals surface area contributed by atoms with E-state index in [0.29, 0.717) is 22.0 Å². The first-order valence-electron chi connectivity index (χ1n) is 5.92. The van der Waals surface area contributed by atoms with E-state index < -0.39 is 10.0 Å². The molecule has 0 bridgehead atoms. The lowest BCUT2D eigenvalue weighted by Gasteiger charge is -2.11. The summed E-state index contributed by atoms with van der Waals surface area (Å²) in [6.07, 6.45) is 0. The number of rotatable bonds is 3. The van der Waals surface area contributed by atoms with E-state index in [4.69, 9.17) is 17.3 Å². The van der Waals surface area contributed by atoms with Crippen molar-refractivity contribution >= 4 is 49.1 Å². The Morgan fingerprint density at radius 1 is 1.29 bits per heavy atom. The van der Waals surface area contributed by atoms with Crippen LogP contribution in [0.15, 0.2) is 33.6 Å². The molecule has 0 aliphatic heterocycles. The SMILES string of the molecule is Cc1nc(NS(=O)(=O)c2cc(N)c(C)c(Cl)c2)ccc1Br. The zero-order chi connectivity index (χ0) is 15.8. The average Bonchev–Trinajstić information content (AvgIpc) is 2.39. The average molecular weight is 391 g/mol. The Morgan fingerprint density at radius 2 is 1.95 bits per heavy atom. The number of benzene rings is 1. The molecule has 2 rings (SSSR count). The van der Waals surface area contributed by atoms with Crippen LogP contribution in [-0.4, -0.2) is 13.4 Å². The van der Waals surface area contributed by atoms with E-state index in [1.165, 1.54) is 12.1 Å². The number of aromatic nitrogens is 1. The van der Waals surface area contributed by atoms with Gasteiger partial charge in [0.2, 0.25) is 0 Å². The topological polar surface area (TPSA) is 85.1 Å². The Kier molecular flexibility index (Phi) is 4.46. The zero-order valence-electron chi connectivity index (χ0n) is 11.3. The summed E-state index contributed by atoms with van der Waals surface area (Å²) < 4.78 is 27.9. The predicted octanol–water partition coefficient (Wildman–Crippen LogP) is 3.50. The number of aryl methyl sites for hydroxylation is 1. The number of nitrogens with one attached hydrogen (secondary N) is 1. The second kappa shape index (κ2) is 5.82. The van der Waals surface area contributed by atoms with Crippen LogP contribution >= 0.6 is 27.5 Å². The van der Waals surface area contributed by atoms with Crippen molar-refractivity contribution in [2.24, 2.45) is 0 Å². The highest BCUT2D eigenvalue weighted by Gasteiger charge is 2.18. The summed E-state index contributed by atoms with van der Waals surface area (Å²) >= 11 is 9.29. The third kappa shape index (κ3) is 3.48. The first kappa shape index (κ1) is 16.1. The minimum atomic E-state index is -3.80. The molecule has 0 radical (unpaired) electrons. The molecule has 0 fully saturated rings. The summed E-state index contributed by atoms with van der Waals surface area (Å²) in [6, 6.07) is 6.01. The fourth-order valence-corrected chi connectivity index (χ4v) is 3.20. The van der Waals surface area contributed by atoms with Crippen LogP contribution in [0.4, 0.5) is 11.5 Å². The molecule has 1 aromatic carbocycles. The molecule has 0 amide bonds. The van der Waals surface area contributed by atoms with Crippen LogP contribution in [0.25, 0.3) is 0 Å². The van der Waals surface area contributed by atoms with Crippen molar-refractivity contribution in [1.29, 1.82) is 0 Å². The Bertz CT molecular complexity index is 786. The summed E-state index contributed by atoms with van der Waals surface area (Å²) in [5.74, 6) is 0.228. The van der Waals surface area contributed by atoms with E-state index in [1.54, 1.807) is 26.0 Å². The van der Waals surface area contributed by atoms with E-state index in [9.17, 15) is 8.42 Å². The molecule has 0 spiro atoms. The Morgan fingerprint density at radius 3 is 2.52 bits per heavy atom. The molecule has 0 saturated carbocycles. The number of halogens is 2. The molecule has 3 N–H and O–H groups in total. The summed E-state index contributed by atoms with van der Waals surface area (Å²) in [7, 11) is -3.80. The van der Waals surface area contributed by atoms with Gasteiger partial charge >= 0.3 is 0 Å². The molecular weight excluding hydrogens is 378 g/mol. The van der Waals surface area contributed by atoms with Gasteiger partial charge in [-0.2, -0.15) is 0 Å². The second-order valence-corrected chi connectivity index (χ2v) is 7.43. The highest BCUT2D eigenvalue weighted by molar-refractivity contribution is 9.10. The quantitative estimate of drug-likeness (QED) is 0.786. The minimum absolute atomic E-state index is 0.00188. The van der Waals surface area contributed by atoms with Crippen molar-refractivity contribution in [3.63, 3.8) is 0 Å². The molecule has 0 atom stereocenters. The van der Waals surface area contributed by atoms with Gasteiger partial charge in [0.25, 0.3) is 10.0 Å². The van der Waals surface area contributed by atoms with Crippen LogP contribution in [0, 0.1) is 13.8 Å². The monoisotopic (exact) mass is 389 g/mol. The fourth-order valence-electron chi connectivity index (χ4n) is 1.63. The Balaban J connectivity index is 2.40. The smallest absolute Gasteiger partial charge is 0.263 e. The zero-order valence-corrected chi connectivity index (χ0v) is 14.5. The molecule has 2 aromatic rings. The van der Waals surface area contributed by atoms with Gasteiger partial charge < -0.3 is 5.73 Å². The molecule has 21 heavy (non-hydrogen) atoms. The fraction of sp³-hybridized carbons (Fsp3) is 0.154. The van der Waals surface area contributed by atoms with Gasteiger partial charge in [0.05, 0.1) is 10.6 Å². The molecule has 0 aliphatic rings. The van der Waals surface area contributed by atoms with Gasteiger partial charge in [-0.15, -0.1) is 0 Å². The highest BCUT2D eigenvalue weighted by Crippen LogP contribution is 2.27. The van der Waals surface area contributed by atoms with Crippen LogP contribution in [0.5, 0.6) is 0 Å². The number of hydrogen-bond acceptors (Lipinski definition) is 4. The van der Waals surface area contributed by atoms with Crippen molar-refractivity contribution in [2.45, 2.75) is 18.7 Å². The summed E-state index contributed by atoms with van der Waals surface area (Å²) in [4.78, 5) is 4.14. The van der Waals surface area contributed by atoms with Crippen molar-refractivity contribution in [1.82, 2.24) is 4.98 Å². The molecule has 8 heteroatoms. The standard InChI is InChI=1S/C13H13BrClN3O2S/c1-7-11(15)5-9(6-12(7)16)21(19,20)18-13-4-3-10(14)8(2)17-13/h3-6H,16H2,1-2H3,(H,17,18). The number of hydrogen-bond donors (Lipinski definition) is 2. The minimum Gasteiger partial charge on any atom is -0.398 e. The maximum atomic E-state index is 12.3. The number of nitrogens with zero attached hydrogens (tertiary/aromatic N) is 1. The predicted molar refractivity (Wildman–Crippen MR) is 88.1 cm³/mol. The molecule has 0 unspecified atom stereocenters. The third-order valence-corrected chi connectivity index (χ3v) is 5.49. The number of anilines is 2. The van der Waals surface area contributed by atoms with Crippen LogP contribution < -0.4 is 10.5 Å². The van der Waals surface area contributed by atoms with E-state index in [0.717, 1.165) is 4.47 Å². The van der Waals surface area contributed by atoms with Crippen LogP contribution in [0.1, 0.15) is 11.3 Å². The second-order valence-electron chi connectivity index (χ2n) is 4.49. The molecule has 1 aromatic heterocycles. The van der Waals surface area contributed by atoms with Gasteiger partial charge in [0, 0.05) is 15.2 Å². The van der Waals surface area contributed by atoms with Gasteiger partial charge in [-0.25, -0.2) is 13.4 Å². The molecule has 0 aliphatic carbocycles. The maximum Gasteiger partial charge on any atom is 0.263 e. The van der Waals surface area contributed by atoms with E-state index in [1.807, 2.05) is 0 Å².